The number of likely N-dealkylation sites (tertiary alicyclic amines) is 1. The highest BCUT2D eigenvalue weighted by Crippen LogP contribution is 2.31. The van der Waals surface area contributed by atoms with Crippen LogP contribution in [0.3, 0.4) is 0 Å². The van der Waals surface area contributed by atoms with Crippen LogP contribution in [0.25, 0.3) is 5.69 Å². The van der Waals surface area contributed by atoms with Gasteiger partial charge in [-0.05, 0) is 44.7 Å². The zero-order valence-corrected chi connectivity index (χ0v) is 18.0. The SMILES string of the molecule is Cc1ccccc1-n1c(SC(C)C(=O)N2CCCCC2)nnc1N1CCOCC1. The van der Waals surface area contributed by atoms with Crippen LogP contribution >= 0.6 is 11.8 Å². The van der Waals surface area contributed by atoms with E-state index in [0.717, 1.165) is 61.4 Å². The first-order valence-corrected chi connectivity index (χ1v) is 11.3. The molecule has 1 amide bonds. The fourth-order valence-corrected chi connectivity index (χ4v) is 4.85. The van der Waals surface area contributed by atoms with Gasteiger partial charge in [-0.1, -0.05) is 30.0 Å². The fourth-order valence-electron chi connectivity index (χ4n) is 3.91. The Labute approximate surface area is 176 Å². The number of amides is 1. The topological polar surface area (TPSA) is 63.5 Å². The number of piperidine rings is 1. The molecule has 0 saturated carbocycles. The Bertz CT molecular complexity index is 843. The van der Waals surface area contributed by atoms with Gasteiger partial charge in [0.15, 0.2) is 5.16 Å². The highest BCUT2D eigenvalue weighted by Gasteiger charge is 2.28. The van der Waals surface area contributed by atoms with E-state index in [-0.39, 0.29) is 11.2 Å². The summed E-state index contributed by atoms with van der Waals surface area (Å²) in [5.74, 6) is 1.02. The molecule has 3 heterocycles. The zero-order valence-electron chi connectivity index (χ0n) is 17.2. The summed E-state index contributed by atoms with van der Waals surface area (Å²) in [7, 11) is 0. The number of anilines is 1. The Morgan fingerprint density at radius 3 is 2.52 bits per heavy atom. The average molecular weight is 416 g/mol. The number of nitrogens with zero attached hydrogens (tertiary/aromatic N) is 5. The summed E-state index contributed by atoms with van der Waals surface area (Å²) in [6.45, 7) is 8.76. The van der Waals surface area contributed by atoms with E-state index in [2.05, 4.69) is 38.7 Å². The number of hydrogen-bond donors (Lipinski definition) is 0. The molecule has 8 heteroatoms. The van der Waals surface area contributed by atoms with Crippen LogP contribution in [-0.4, -0.2) is 70.2 Å². The summed E-state index contributed by atoms with van der Waals surface area (Å²) < 4.78 is 7.61. The lowest BCUT2D eigenvalue weighted by molar-refractivity contribution is -0.131. The predicted octanol–water partition coefficient (Wildman–Crippen LogP) is 2.91. The van der Waals surface area contributed by atoms with Crippen LogP contribution in [0.5, 0.6) is 0 Å². The number of hydrogen-bond acceptors (Lipinski definition) is 6. The summed E-state index contributed by atoms with van der Waals surface area (Å²) >= 11 is 1.50. The molecule has 1 atom stereocenters. The summed E-state index contributed by atoms with van der Waals surface area (Å²) in [5, 5.41) is 9.58. The van der Waals surface area contributed by atoms with Gasteiger partial charge in [-0.25, -0.2) is 0 Å². The third-order valence-electron chi connectivity index (χ3n) is 5.56. The predicted molar refractivity (Wildman–Crippen MR) is 115 cm³/mol. The molecular formula is C21H29N5O2S. The van der Waals surface area contributed by atoms with Crippen molar-refractivity contribution in [1.82, 2.24) is 19.7 Å². The molecule has 156 valence electrons. The van der Waals surface area contributed by atoms with E-state index in [0.29, 0.717) is 13.2 Å². The number of carbonyl (C=O) groups excluding carboxylic acids is 1. The van der Waals surface area contributed by atoms with E-state index >= 15 is 0 Å². The van der Waals surface area contributed by atoms with Gasteiger partial charge in [-0.3, -0.25) is 9.36 Å². The molecule has 2 aromatic rings. The Morgan fingerprint density at radius 1 is 1.07 bits per heavy atom. The summed E-state index contributed by atoms with van der Waals surface area (Å²) in [5.41, 5.74) is 2.21. The standard InChI is InChI=1S/C21H29N5O2S/c1-16-8-4-5-9-18(16)26-20(25-12-14-28-15-13-25)22-23-21(26)29-17(2)19(27)24-10-6-3-7-11-24/h4-5,8-9,17H,3,6-7,10-15H2,1-2H3. The number of ether oxygens (including phenoxy) is 1. The minimum atomic E-state index is -0.197. The van der Waals surface area contributed by atoms with Crippen LogP contribution in [0, 0.1) is 6.92 Å². The van der Waals surface area contributed by atoms with Crippen molar-refractivity contribution < 1.29 is 9.53 Å². The number of aryl methyl sites for hydroxylation is 1. The van der Waals surface area contributed by atoms with Gasteiger partial charge in [-0.2, -0.15) is 0 Å². The fraction of sp³-hybridized carbons (Fsp3) is 0.571. The maximum atomic E-state index is 12.9. The van der Waals surface area contributed by atoms with E-state index in [1.807, 2.05) is 24.0 Å². The molecular weight excluding hydrogens is 386 g/mol. The molecule has 29 heavy (non-hydrogen) atoms. The highest BCUT2D eigenvalue weighted by molar-refractivity contribution is 8.00. The van der Waals surface area contributed by atoms with Crippen LogP contribution in [0.15, 0.2) is 29.4 Å². The quantitative estimate of drug-likeness (QED) is 0.700. The lowest BCUT2D eigenvalue weighted by atomic mass is 10.1. The first-order valence-electron chi connectivity index (χ1n) is 10.4. The van der Waals surface area contributed by atoms with Crippen molar-refractivity contribution in [2.45, 2.75) is 43.5 Å². The molecule has 0 aliphatic carbocycles. The molecule has 0 spiro atoms. The van der Waals surface area contributed by atoms with Gasteiger partial charge in [0.05, 0.1) is 24.2 Å². The molecule has 1 aromatic heterocycles. The highest BCUT2D eigenvalue weighted by atomic mass is 32.2. The monoisotopic (exact) mass is 415 g/mol. The molecule has 2 aliphatic heterocycles. The second kappa shape index (κ2) is 9.17. The van der Waals surface area contributed by atoms with Crippen LogP contribution in [-0.2, 0) is 9.53 Å². The normalized spacial score (nSPS) is 18.7. The van der Waals surface area contributed by atoms with Gasteiger partial charge in [0.25, 0.3) is 0 Å². The van der Waals surface area contributed by atoms with E-state index in [1.54, 1.807) is 0 Å². The van der Waals surface area contributed by atoms with Crippen LogP contribution < -0.4 is 4.90 Å². The van der Waals surface area contributed by atoms with Crippen LogP contribution in [0.1, 0.15) is 31.7 Å². The van der Waals surface area contributed by atoms with Crippen molar-refractivity contribution in [3.63, 3.8) is 0 Å². The van der Waals surface area contributed by atoms with Crippen molar-refractivity contribution in [3.8, 4) is 5.69 Å². The molecule has 4 rings (SSSR count). The summed E-state index contributed by atoms with van der Waals surface area (Å²) in [6, 6.07) is 8.24. The minimum Gasteiger partial charge on any atom is -0.378 e. The van der Waals surface area contributed by atoms with Crippen molar-refractivity contribution >= 4 is 23.6 Å². The van der Waals surface area contributed by atoms with Gasteiger partial charge < -0.3 is 14.5 Å². The Morgan fingerprint density at radius 2 is 1.79 bits per heavy atom. The van der Waals surface area contributed by atoms with Gasteiger partial charge in [0.1, 0.15) is 0 Å². The number of carbonyl (C=O) groups is 1. The van der Waals surface area contributed by atoms with Gasteiger partial charge in [0.2, 0.25) is 11.9 Å². The Balaban J connectivity index is 1.63. The molecule has 0 bridgehead atoms. The van der Waals surface area contributed by atoms with E-state index in [1.165, 1.54) is 18.2 Å². The maximum absolute atomic E-state index is 12.9. The minimum absolute atomic E-state index is 0.196. The third kappa shape index (κ3) is 4.43. The van der Waals surface area contributed by atoms with E-state index in [9.17, 15) is 4.79 Å². The first kappa shape index (κ1) is 20.2. The van der Waals surface area contributed by atoms with Crippen LogP contribution in [0.2, 0.25) is 0 Å². The zero-order chi connectivity index (χ0) is 20.2. The Hall–Kier alpha value is -2.06. The number of morpholine rings is 1. The van der Waals surface area contributed by atoms with Crippen molar-refractivity contribution in [2.24, 2.45) is 0 Å². The molecule has 0 N–H and O–H groups in total. The molecule has 2 saturated heterocycles. The molecule has 0 radical (unpaired) electrons. The molecule has 2 fully saturated rings. The number of aromatic nitrogens is 3. The molecule has 1 unspecified atom stereocenters. The van der Waals surface area contributed by atoms with E-state index < -0.39 is 0 Å². The van der Waals surface area contributed by atoms with Crippen molar-refractivity contribution in [3.05, 3.63) is 29.8 Å². The maximum Gasteiger partial charge on any atom is 0.235 e. The van der Waals surface area contributed by atoms with Gasteiger partial charge in [0, 0.05) is 26.2 Å². The average Bonchev–Trinajstić information content (AvgIpc) is 3.18. The smallest absolute Gasteiger partial charge is 0.235 e. The number of para-hydroxylation sites is 1. The van der Waals surface area contributed by atoms with Crippen molar-refractivity contribution in [2.75, 3.05) is 44.3 Å². The number of benzene rings is 1. The molecule has 7 nitrogen and oxygen atoms in total. The molecule has 2 aliphatic rings. The lowest BCUT2D eigenvalue weighted by Gasteiger charge is -2.29. The molecule has 1 aromatic carbocycles. The van der Waals surface area contributed by atoms with Gasteiger partial charge >= 0.3 is 0 Å². The lowest BCUT2D eigenvalue weighted by Crippen LogP contribution is -2.40. The number of thioether (sulfide) groups is 1. The summed E-state index contributed by atoms with van der Waals surface area (Å²) in [4.78, 5) is 17.2. The van der Waals surface area contributed by atoms with Crippen LogP contribution in [0.4, 0.5) is 5.95 Å². The second-order valence-corrected chi connectivity index (χ2v) is 8.96. The number of rotatable bonds is 5. The third-order valence-corrected chi connectivity index (χ3v) is 6.59. The van der Waals surface area contributed by atoms with E-state index in [4.69, 9.17) is 4.74 Å². The van der Waals surface area contributed by atoms with Gasteiger partial charge in [-0.15, -0.1) is 10.2 Å². The van der Waals surface area contributed by atoms with Crippen molar-refractivity contribution in [1.29, 1.82) is 0 Å². The first-order chi connectivity index (χ1) is 14.1. The largest absolute Gasteiger partial charge is 0.378 e. The summed E-state index contributed by atoms with van der Waals surface area (Å²) in [6.07, 6.45) is 3.42. The Kier molecular flexibility index (Phi) is 6.40. The second-order valence-electron chi connectivity index (χ2n) is 7.65.